The van der Waals surface area contributed by atoms with E-state index in [1.54, 1.807) is 24.3 Å². The third-order valence-electron chi connectivity index (χ3n) is 3.72. The largest absolute Gasteiger partial charge is 0.483 e. The van der Waals surface area contributed by atoms with Crippen molar-refractivity contribution in [3.63, 3.8) is 0 Å². The molecule has 0 saturated heterocycles. The van der Waals surface area contributed by atoms with Gasteiger partial charge in [0.15, 0.2) is 6.61 Å². The smallest absolute Gasteiger partial charge is 0.307 e. The Balaban J connectivity index is 2.00. The summed E-state index contributed by atoms with van der Waals surface area (Å²) in [4.78, 5) is 22.9. The standard InChI is InChI=1S/C20H23NO4/c1-13(2)17-8-7-14(3)9-18(17)25-12-19(22)21-16-6-4-5-15(10-16)11-20(23)24/h4-10,13H,11-12H2,1-3H3,(H,21,22)(H,23,24). The van der Waals surface area contributed by atoms with Crippen LogP contribution in [0.4, 0.5) is 5.69 Å². The van der Waals surface area contributed by atoms with Gasteiger partial charge in [-0.3, -0.25) is 9.59 Å². The first-order chi connectivity index (χ1) is 11.8. The Bertz CT molecular complexity index is 768. The molecule has 132 valence electrons. The summed E-state index contributed by atoms with van der Waals surface area (Å²) in [5.74, 6) is -0.188. The molecule has 25 heavy (non-hydrogen) atoms. The van der Waals surface area contributed by atoms with Gasteiger partial charge in [-0.1, -0.05) is 38.1 Å². The number of aryl methyl sites for hydroxylation is 1. The van der Waals surface area contributed by atoms with Gasteiger partial charge in [0.05, 0.1) is 6.42 Å². The Kier molecular flexibility index (Phi) is 6.17. The first-order valence-corrected chi connectivity index (χ1v) is 8.19. The van der Waals surface area contributed by atoms with Crippen molar-refractivity contribution >= 4 is 17.6 Å². The molecular formula is C20H23NO4. The molecule has 0 heterocycles. The summed E-state index contributed by atoms with van der Waals surface area (Å²) < 4.78 is 5.70. The average molecular weight is 341 g/mol. The van der Waals surface area contributed by atoms with Gasteiger partial charge >= 0.3 is 5.97 Å². The lowest BCUT2D eigenvalue weighted by Gasteiger charge is -2.15. The molecule has 0 atom stereocenters. The van der Waals surface area contributed by atoms with E-state index in [0.29, 0.717) is 22.9 Å². The molecule has 5 nitrogen and oxygen atoms in total. The number of hydrogen-bond donors (Lipinski definition) is 2. The maximum atomic E-state index is 12.1. The van der Waals surface area contributed by atoms with Crippen molar-refractivity contribution in [2.75, 3.05) is 11.9 Å². The Morgan fingerprint density at radius 2 is 1.92 bits per heavy atom. The maximum Gasteiger partial charge on any atom is 0.307 e. The number of benzene rings is 2. The van der Waals surface area contributed by atoms with E-state index in [2.05, 4.69) is 19.2 Å². The fraction of sp³-hybridized carbons (Fsp3) is 0.300. The molecule has 2 aromatic rings. The van der Waals surface area contributed by atoms with Crippen molar-refractivity contribution in [1.29, 1.82) is 0 Å². The average Bonchev–Trinajstić information content (AvgIpc) is 2.52. The van der Waals surface area contributed by atoms with Crippen molar-refractivity contribution in [3.8, 4) is 5.75 Å². The van der Waals surface area contributed by atoms with E-state index in [0.717, 1.165) is 11.1 Å². The summed E-state index contributed by atoms with van der Waals surface area (Å²) in [6.07, 6.45) is -0.0821. The highest BCUT2D eigenvalue weighted by Gasteiger charge is 2.11. The lowest BCUT2D eigenvalue weighted by atomic mass is 10.0. The van der Waals surface area contributed by atoms with Gasteiger partial charge in [0.25, 0.3) is 5.91 Å². The van der Waals surface area contributed by atoms with Crippen molar-refractivity contribution in [2.45, 2.75) is 33.1 Å². The van der Waals surface area contributed by atoms with Crippen LogP contribution in [-0.2, 0) is 16.0 Å². The van der Waals surface area contributed by atoms with Gasteiger partial charge in [0, 0.05) is 5.69 Å². The minimum Gasteiger partial charge on any atom is -0.483 e. The summed E-state index contributed by atoms with van der Waals surface area (Å²) in [5.41, 5.74) is 3.32. The van der Waals surface area contributed by atoms with Crippen LogP contribution in [0.1, 0.15) is 36.5 Å². The zero-order valence-corrected chi connectivity index (χ0v) is 14.7. The number of rotatable bonds is 7. The van der Waals surface area contributed by atoms with E-state index >= 15 is 0 Å². The maximum absolute atomic E-state index is 12.1. The van der Waals surface area contributed by atoms with Crippen LogP contribution in [0.2, 0.25) is 0 Å². The third-order valence-corrected chi connectivity index (χ3v) is 3.72. The van der Waals surface area contributed by atoms with Crippen molar-refractivity contribution < 1.29 is 19.4 Å². The molecule has 0 bridgehead atoms. The molecule has 2 aromatic carbocycles. The molecule has 1 amide bonds. The number of anilines is 1. The summed E-state index contributed by atoms with van der Waals surface area (Å²) in [6, 6.07) is 12.8. The number of nitrogens with one attached hydrogen (secondary N) is 1. The van der Waals surface area contributed by atoms with Gasteiger partial charge in [-0.15, -0.1) is 0 Å². The van der Waals surface area contributed by atoms with E-state index in [-0.39, 0.29) is 18.9 Å². The zero-order chi connectivity index (χ0) is 18.4. The minimum absolute atomic E-state index is 0.0821. The topological polar surface area (TPSA) is 75.6 Å². The first kappa shape index (κ1) is 18.5. The van der Waals surface area contributed by atoms with Crippen LogP contribution in [0.3, 0.4) is 0 Å². The highest BCUT2D eigenvalue weighted by Crippen LogP contribution is 2.27. The second-order valence-corrected chi connectivity index (χ2v) is 6.30. The number of carbonyl (C=O) groups is 2. The molecule has 0 radical (unpaired) electrons. The number of carbonyl (C=O) groups excluding carboxylic acids is 1. The Hall–Kier alpha value is -2.82. The van der Waals surface area contributed by atoms with Crippen molar-refractivity contribution in [3.05, 3.63) is 59.2 Å². The Labute approximate surface area is 147 Å². The predicted octanol–water partition coefficient (Wildman–Crippen LogP) is 3.76. The van der Waals surface area contributed by atoms with E-state index in [1.807, 2.05) is 25.1 Å². The molecule has 0 aliphatic rings. The van der Waals surface area contributed by atoms with Crippen LogP contribution in [0.25, 0.3) is 0 Å². The minimum atomic E-state index is -0.910. The third kappa shape index (κ3) is 5.64. The molecule has 2 rings (SSSR count). The van der Waals surface area contributed by atoms with Gasteiger partial charge < -0.3 is 15.2 Å². The second-order valence-electron chi connectivity index (χ2n) is 6.30. The monoisotopic (exact) mass is 341 g/mol. The fourth-order valence-corrected chi connectivity index (χ4v) is 2.52. The van der Waals surface area contributed by atoms with Crippen LogP contribution >= 0.6 is 0 Å². The van der Waals surface area contributed by atoms with E-state index in [1.165, 1.54) is 0 Å². The van der Waals surface area contributed by atoms with Crippen molar-refractivity contribution in [2.24, 2.45) is 0 Å². The van der Waals surface area contributed by atoms with Crippen molar-refractivity contribution in [1.82, 2.24) is 0 Å². The molecule has 0 aliphatic carbocycles. The van der Waals surface area contributed by atoms with Crippen LogP contribution in [0.5, 0.6) is 5.75 Å². The van der Waals surface area contributed by atoms with Gasteiger partial charge in [-0.25, -0.2) is 0 Å². The number of amides is 1. The number of aliphatic carboxylic acids is 1. The Morgan fingerprint density at radius 3 is 2.60 bits per heavy atom. The number of ether oxygens (including phenoxy) is 1. The number of carboxylic acid groups (broad SMARTS) is 1. The lowest BCUT2D eigenvalue weighted by molar-refractivity contribution is -0.136. The highest BCUT2D eigenvalue weighted by molar-refractivity contribution is 5.92. The Morgan fingerprint density at radius 1 is 1.16 bits per heavy atom. The van der Waals surface area contributed by atoms with E-state index in [9.17, 15) is 9.59 Å². The summed E-state index contributed by atoms with van der Waals surface area (Å²) >= 11 is 0. The summed E-state index contributed by atoms with van der Waals surface area (Å²) in [6.45, 7) is 6.02. The number of carboxylic acids is 1. The quantitative estimate of drug-likeness (QED) is 0.804. The molecule has 5 heteroatoms. The molecule has 0 unspecified atom stereocenters. The molecule has 0 saturated carbocycles. The molecule has 2 N–H and O–H groups in total. The highest BCUT2D eigenvalue weighted by atomic mass is 16.5. The van der Waals surface area contributed by atoms with Gasteiger partial charge in [0.1, 0.15) is 5.75 Å². The number of hydrogen-bond acceptors (Lipinski definition) is 3. The first-order valence-electron chi connectivity index (χ1n) is 8.19. The molecule has 0 aromatic heterocycles. The van der Waals surface area contributed by atoms with Gasteiger partial charge in [-0.2, -0.15) is 0 Å². The van der Waals surface area contributed by atoms with E-state index < -0.39 is 5.97 Å². The second kappa shape index (κ2) is 8.33. The predicted molar refractivity (Wildman–Crippen MR) is 97.2 cm³/mol. The van der Waals surface area contributed by atoms with Crippen LogP contribution < -0.4 is 10.1 Å². The van der Waals surface area contributed by atoms with Crippen LogP contribution in [0.15, 0.2) is 42.5 Å². The summed E-state index contributed by atoms with van der Waals surface area (Å²) in [5, 5.41) is 11.6. The zero-order valence-electron chi connectivity index (χ0n) is 14.7. The summed E-state index contributed by atoms with van der Waals surface area (Å²) in [7, 11) is 0. The molecule has 0 fully saturated rings. The molecule has 0 aliphatic heterocycles. The molecular weight excluding hydrogens is 318 g/mol. The van der Waals surface area contributed by atoms with Crippen LogP contribution in [-0.4, -0.2) is 23.6 Å². The van der Waals surface area contributed by atoms with Gasteiger partial charge in [0.2, 0.25) is 0 Å². The van der Waals surface area contributed by atoms with Gasteiger partial charge in [-0.05, 0) is 47.7 Å². The lowest BCUT2D eigenvalue weighted by Crippen LogP contribution is -2.20. The fourth-order valence-electron chi connectivity index (χ4n) is 2.52. The normalized spacial score (nSPS) is 10.6. The van der Waals surface area contributed by atoms with E-state index in [4.69, 9.17) is 9.84 Å². The van der Waals surface area contributed by atoms with Crippen LogP contribution in [0, 0.1) is 6.92 Å². The molecule has 0 spiro atoms. The SMILES string of the molecule is Cc1ccc(C(C)C)c(OCC(=O)Nc2cccc(CC(=O)O)c2)c1.